The van der Waals surface area contributed by atoms with Gasteiger partial charge in [-0.1, -0.05) is 11.6 Å². The summed E-state index contributed by atoms with van der Waals surface area (Å²) in [6.45, 7) is 0. The van der Waals surface area contributed by atoms with Crippen molar-refractivity contribution in [1.29, 1.82) is 5.26 Å². The van der Waals surface area contributed by atoms with Crippen molar-refractivity contribution in [2.45, 2.75) is 0 Å². The van der Waals surface area contributed by atoms with Crippen molar-refractivity contribution >= 4 is 17.6 Å². The molecule has 0 aromatic heterocycles. The first-order valence-electron chi connectivity index (χ1n) is 5.41. The van der Waals surface area contributed by atoms with Crippen molar-refractivity contribution in [3.8, 4) is 17.6 Å². The van der Waals surface area contributed by atoms with E-state index in [1.807, 2.05) is 0 Å². The monoisotopic (exact) mass is 291 g/mol. The van der Waals surface area contributed by atoms with Crippen LogP contribution in [-0.4, -0.2) is 11.1 Å². The third kappa shape index (κ3) is 2.87. The van der Waals surface area contributed by atoms with E-state index in [0.29, 0.717) is 0 Å². The van der Waals surface area contributed by atoms with Crippen molar-refractivity contribution in [3.05, 3.63) is 58.4 Å². The smallest absolute Gasteiger partial charge is 0.337 e. The summed E-state index contributed by atoms with van der Waals surface area (Å²) in [5.41, 5.74) is -0.110. The van der Waals surface area contributed by atoms with Crippen LogP contribution in [0.4, 0.5) is 4.39 Å². The van der Waals surface area contributed by atoms with Gasteiger partial charge in [0.1, 0.15) is 23.4 Å². The number of carbonyl (C=O) groups is 1. The Morgan fingerprint density at radius 1 is 1.30 bits per heavy atom. The highest BCUT2D eigenvalue weighted by Gasteiger charge is 2.12. The number of rotatable bonds is 3. The lowest BCUT2D eigenvalue weighted by Gasteiger charge is -2.08. The second kappa shape index (κ2) is 5.59. The summed E-state index contributed by atoms with van der Waals surface area (Å²) >= 11 is 5.74. The standard InChI is InChI=1S/C14H7ClFNO3/c15-12-3-2-10(6-11(12)14(18)19)20-13-4-1-9(16)5-8(13)7-17/h1-6H,(H,18,19). The van der Waals surface area contributed by atoms with Crippen molar-refractivity contribution in [3.63, 3.8) is 0 Å². The second-order valence-corrected chi connectivity index (χ2v) is 4.21. The Morgan fingerprint density at radius 2 is 2.05 bits per heavy atom. The molecule has 0 radical (unpaired) electrons. The molecular formula is C14H7ClFNO3. The van der Waals surface area contributed by atoms with E-state index in [1.165, 1.54) is 24.3 Å². The van der Waals surface area contributed by atoms with Crippen LogP contribution in [-0.2, 0) is 0 Å². The fraction of sp³-hybridized carbons (Fsp3) is 0. The lowest BCUT2D eigenvalue weighted by molar-refractivity contribution is 0.0696. The predicted molar refractivity (Wildman–Crippen MR) is 69.6 cm³/mol. The van der Waals surface area contributed by atoms with Gasteiger partial charge in [0.15, 0.2) is 0 Å². The largest absolute Gasteiger partial charge is 0.478 e. The number of nitriles is 1. The Kier molecular flexibility index (Phi) is 3.87. The molecule has 4 nitrogen and oxygen atoms in total. The molecule has 0 bridgehead atoms. The fourth-order valence-electron chi connectivity index (χ4n) is 1.54. The topological polar surface area (TPSA) is 70.3 Å². The zero-order valence-corrected chi connectivity index (χ0v) is 10.7. The van der Waals surface area contributed by atoms with Crippen LogP contribution in [0, 0.1) is 17.1 Å². The number of halogens is 2. The Balaban J connectivity index is 2.38. The number of carboxylic acid groups (broad SMARTS) is 1. The normalized spacial score (nSPS) is 9.85. The van der Waals surface area contributed by atoms with E-state index in [0.717, 1.165) is 12.1 Å². The lowest BCUT2D eigenvalue weighted by Crippen LogP contribution is -1.98. The van der Waals surface area contributed by atoms with Crippen LogP contribution >= 0.6 is 11.6 Å². The minimum absolute atomic E-state index is 0.0109. The molecule has 20 heavy (non-hydrogen) atoms. The molecule has 100 valence electrons. The van der Waals surface area contributed by atoms with Gasteiger partial charge in [0.25, 0.3) is 0 Å². The van der Waals surface area contributed by atoms with Gasteiger partial charge in [-0.15, -0.1) is 0 Å². The van der Waals surface area contributed by atoms with Gasteiger partial charge in [0.05, 0.1) is 16.1 Å². The number of carboxylic acids is 1. The number of benzene rings is 2. The van der Waals surface area contributed by atoms with Gasteiger partial charge in [0, 0.05) is 0 Å². The summed E-state index contributed by atoms with van der Waals surface area (Å²) in [7, 11) is 0. The van der Waals surface area contributed by atoms with Crippen LogP contribution in [0.2, 0.25) is 5.02 Å². The molecular weight excluding hydrogens is 285 g/mol. The van der Waals surface area contributed by atoms with Gasteiger partial charge in [-0.3, -0.25) is 0 Å². The van der Waals surface area contributed by atoms with E-state index in [1.54, 1.807) is 6.07 Å². The lowest BCUT2D eigenvalue weighted by atomic mass is 10.2. The maximum atomic E-state index is 13.0. The minimum atomic E-state index is -1.19. The maximum Gasteiger partial charge on any atom is 0.337 e. The molecule has 0 heterocycles. The summed E-state index contributed by atoms with van der Waals surface area (Å²) in [5, 5.41) is 17.9. The Hall–Kier alpha value is -2.58. The molecule has 1 N–H and O–H groups in total. The van der Waals surface area contributed by atoms with E-state index in [2.05, 4.69) is 0 Å². The van der Waals surface area contributed by atoms with Crippen LogP contribution in [0.25, 0.3) is 0 Å². The van der Waals surface area contributed by atoms with Crippen LogP contribution in [0.5, 0.6) is 11.5 Å². The Bertz CT molecular complexity index is 725. The summed E-state index contributed by atoms with van der Waals surface area (Å²) in [6.07, 6.45) is 0. The maximum absolute atomic E-state index is 13.0. The number of nitrogens with zero attached hydrogens (tertiary/aromatic N) is 1. The highest BCUT2D eigenvalue weighted by Crippen LogP contribution is 2.28. The quantitative estimate of drug-likeness (QED) is 0.932. The zero-order valence-electron chi connectivity index (χ0n) is 9.93. The van der Waals surface area contributed by atoms with Crippen LogP contribution < -0.4 is 4.74 Å². The van der Waals surface area contributed by atoms with E-state index in [-0.39, 0.29) is 27.6 Å². The average molecular weight is 292 g/mol. The van der Waals surface area contributed by atoms with E-state index < -0.39 is 11.8 Å². The Labute approximate surface area is 118 Å². The van der Waals surface area contributed by atoms with Crippen LogP contribution in [0.3, 0.4) is 0 Å². The van der Waals surface area contributed by atoms with Gasteiger partial charge in [-0.2, -0.15) is 5.26 Å². The van der Waals surface area contributed by atoms with Gasteiger partial charge in [-0.05, 0) is 36.4 Å². The first-order chi connectivity index (χ1) is 9.51. The van der Waals surface area contributed by atoms with Crippen molar-refractivity contribution in [1.82, 2.24) is 0 Å². The highest BCUT2D eigenvalue weighted by atomic mass is 35.5. The highest BCUT2D eigenvalue weighted by molar-refractivity contribution is 6.33. The molecule has 0 atom stereocenters. The average Bonchev–Trinajstić information content (AvgIpc) is 2.42. The molecule has 0 unspecified atom stereocenters. The number of hydrogen-bond donors (Lipinski definition) is 1. The molecule has 0 aliphatic carbocycles. The van der Waals surface area contributed by atoms with E-state index in [9.17, 15) is 9.18 Å². The van der Waals surface area contributed by atoms with Crippen LogP contribution in [0.1, 0.15) is 15.9 Å². The number of aromatic carboxylic acids is 1. The molecule has 0 fully saturated rings. The summed E-state index contributed by atoms with van der Waals surface area (Å²) in [5.74, 6) is -1.43. The molecule has 0 amide bonds. The fourth-order valence-corrected chi connectivity index (χ4v) is 1.74. The predicted octanol–water partition coefficient (Wildman–Crippen LogP) is 3.84. The SMILES string of the molecule is N#Cc1cc(F)ccc1Oc1ccc(Cl)c(C(=O)O)c1. The molecule has 0 aliphatic rings. The van der Waals surface area contributed by atoms with Crippen molar-refractivity contribution in [2.75, 3.05) is 0 Å². The molecule has 0 saturated carbocycles. The molecule has 0 aliphatic heterocycles. The van der Waals surface area contributed by atoms with Gasteiger partial charge in [0.2, 0.25) is 0 Å². The minimum Gasteiger partial charge on any atom is -0.478 e. The van der Waals surface area contributed by atoms with E-state index in [4.69, 9.17) is 26.7 Å². The molecule has 2 rings (SSSR count). The molecule has 0 spiro atoms. The molecule has 6 heteroatoms. The third-order valence-corrected chi connectivity index (χ3v) is 2.79. The molecule has 2 aromatic carbocycles. The van der Waals surface area contributed by atoms with Crippen molar-refractivity contribution in [2.24, 2.45) is 0 Å². The third-order valence-electron chi connectivity index (χ3n) is 2.46. The zero-order chi connectivity index (χ0) is 14.7. The second-order valence-electron chi connectivity index (χ2n) is 3.80. The first kappa shape index (κ1) is 13.8. The summed E-state index contributed by atoms with van der Waals surface area (Å²) in [6, 6.07) is 9.33. The summed E-state index contributed by atoms with van der Waals surface area (Å²) < 4.78 is 18.4. The first-order valence-corrected chi connectivity index (χ1v) is 5.79. The van der Waals surface area contributed by atoms with Crippen LogP contribution in [0.15, 0.2) is 36.4 Å². The van der Waals surface area contributed by atoms with Crippen molar-refractivity contribution < 1.29 is 19.0 Å². The number of ether oxygens (including phenoxy) is 1. The van der Waals surface area contributed by atoms with Gasteiger partial charge < -0.3 is 9.84 Å². The molecule has 2 aromatic rings. The van der Waals surface area contributed by atoms with Gasteiger partial charge in [-0.25, -0.2) is 9.18 Å². The van der Waals surface area contributed by atoms with Gasteiger partial charge >= 0.3 is 5.97 Å². The number of hydrogen-bond acceptors (Lipinski definition) is 3. The Morgan fingerprint density at radius 3 is 2.70 bits per heavy atom. The van der Waals surface area contributed by atoms with E-state index >= 15 is 0 Å². The summed E-state index contributed by atoms with van der Waals surface area (Å²) in [4.78, 5) is 11.0. The molecule has 0 saturated heterocycles.